The molecule has 2 N–H and O–H groups in total. The van der Waals surface area contributed by atoms with E-state index >= 15 is 0 Å². The van der Waals surface area contributed by atoms with Crippen LogP contribution in [0.1, 0.15) is 18.1 Å². The number of nitrogens with one attached hydrogen (secondary N) is 2. The van der Waals surface area contributed by atoms with Crippen molar-refractivity contribution < 1.29 is 9.53 Å². The second-order valence-electron chi connectivity index (χ2n) is 7.16. The summed E-state index contributed by atoms with van der Waals surface area (Å²) in [6, 6.07) is 11.8. The maximum atomic E-state index is 12.0. The van der Waals surface area contributed by atoms with Gasteiger partial charge in [0.1, 0.15) is 11.6 Å². The number of hydrogen-bond acceptors (Lipinski definition) is 5. The molecule has 3 rings (SSSR count). The molecule has 2 heterocycles. The largest absolute Gasteiger partial charge is 0.497 e. The molecule has 2 aromatic rings. The fourth-order valence-corrected chi connectivity index (χ4v) is 3.39. The Morgan fingerprint density at radius 1 is 1.10 bits per heavy atom. The fraction of sp³-hybridized carbons (Fsp3) is 0.455. The number of carbonyl (C=O) groups is 1. The van der Waals surface area contributed by atoms with Crippen LogP contribution in [0.3, 0.4) is 0 Å². The van der Waals surface area contributed by atoms with Crippen LogP contribution in [0.2, 0.25) is 0 Å². The quantitative estimate of drug-likeness (QED) is 0.715. The average molecular weight is 398 g/mol. The predicted octanol–water partition coefficient (Wildman–Crippen LogP) is 2.27. The SMILES string of the molecule is CCN1CCN(c2ccc(CNC(=O)NCCc3cccc(OC)c3)cn2)CC1. The number of pyridine rings is 1. The van der Waals surface area contributed by atoms with Gasteiger partial charge in [-0.15, -0.1) is 0 Å². The van der Waals surface area contributed by atoms with Crippen LogP contribution in [-0.4, -0.2) is 62.3 Å². The maximum absolute atomic E-state index is 12.0. The second-order valence-corrected chi connectivity index (χ2v) is 7.16. The molecule has 1 aliphatic rings. The van der Waals surface area contributed by atoms with Crippen molar-refractivity contribution in [2.75, 3.05) is 51.3 Å². The number of methoxy groups -OCH3 is 1. The van der Waals surface area contributed by atoms with Gasteiger partial charge >= 0.3 is 6.03 Å². The molecule has 1 aliphatic heterocycles. The number of aromatic nitrogens is 1. The van der Waals surface area contributed by atoms with E-state index < -0.39 is 0 Å². The van der Waals surface area contributed by atoms with Crippen molar-refractivity contribution in [2.45, 2.75) is 19.9 Å². The van der Waals surface area contributed by atoms with Crippen molar-refractivity contribution in [3.63, 3.8) is 0 Å². The highest BCUT2D eigenvalue weighted by atomic mass is 16.5. The summed E-state index contributed by atoms with van der Waals surface area (Å²) < 4.78 is 5.22. The summed E-state index contributed by atoms with van der Waals surface area (Å²) >= 11 is 0. The number of urea groups is 1. The lowest BCUT2D eigenvalue weighted by Crippen LogP contribution is -2.46. The third-order valence-electron chi connectivity index (χ3n) is 5.24. The molecule has 2 amide bonds. The van der Waals surface area contributed by atoms with E-state index in [-0.39, 0.29) is 6.03 Å². The highest BCUT2D eigenvalue weighted by Crippen LogP contribution is 2.14. The molecule has 0 unspecified atom stereocenters. The van der Waals surface area contributed by atoms with Crippen LogP contribution in [0.15, 0.2) is 42.6 Å². The van der Waals surface area contributed by atoms with E-state index in [1.165, 1.54) is 0 Å². The van der Waals surface area contributed by atoms with E-state index in [1.54, 1.807) is 7.11 Å². The second kappa shape index (κ2) is 10.7. The van der Waals surface area contributed by atoms with Gasteiger partial charge in [-0.3, -0.25) is 0 Å². The number of amides is 2. The summed E-state index contributed by atoms with van der Waals surface area (Å²) in [5, 5.41) is 5.77. The molecule has 7 nitrogen and oxygen atoms in total. The Balaban J connectivity index is 1.37. The van der Waals surface area contributed by atoms with Gasteiger partial charge < -0.3 is 25.2 Å². The Morgan fingerprint density at radius 2 is 1.93 bits per heavy atom. The first-order valence-corrected chi connectivity index (χ1v) is 10.2. The first kappa shape index (κ1) is 20.9. The molecule has 0 aliphatic carbocycles. The van der Waals surface area contributed by atoms with Crippen molar-refractivity contribution in [1.29, 1.82) is 0 Å². The Kier molecular flexibility index (Phi) is 7.69. The summed E-state index contributed by atoms with van der Waals surface area (Å²) in [4.78, 5) is 21.4. The third kappa shape index (κ3) is 6.35. The minimum Gasteiger partial charge on any atom is -0.497 e. The Hall–Kier alpha value is -2.80. The lowest BCUT2D eigenvalue weighted by Gasteiger charge is -2.34. The van der Waals surface area contributed by atoms with E-state index in [0.717, 1.165) is 61.8 Å². The van der Waals surface area contributed by atoms with Crippen molar-refractivity contribution >= 4 is 11.8 Å². The van der Waals surface area contributed by atoms with E-state index in [9.17, 15) is 4.79 Å². The topological polar surface area (TPSA) is 69.7 Å². The summed E-state index contributed by atoms with van der Waals surface area (Å²) in [5.41, 5.74) is 2.12. The number of ether oxygens (including phenoxy) is 1. The van der Waals surface area contributed by atoms with Crippen molar-refractivity contribution in [1.82, 2.24) is 20.5 Å². The molecular weight excluding hydrogens is 366 g/mol. The monoisotopic (exact) mass is 397 g/mol. The molecule has 29 heavy (non-hydrogen) atoms. The van der Waals surface area contributed by atoms with Gasteiger partial charge in [0, 0.05) is 45.5 Å². The van der Waals surface area contributed by atoms with E-state index in [2.05, 4.69) is 32.3 Å². The fourth-order valence-electron chi connectivity index (χ4n) is 3.39. The van der Waals surface area contributed by atoms with Crippen molar-refractivity contribution in [3.8, 4) is 5.75 Å². The Labute approximate surface area is 173 Å². The molecule has 0 saturated carbocycles. The first-order valence-electron chi connectivity index (χ1n) is 10.2. The molecule has 7 heteroatoms. The van der Waals surface area contributed by atoms with Gasteiger partial charge in [0.2, 0.25) is 0 Å². The van der Waals surface area contributed by atoms with Crippen LogP contribution >= 0.6 is 0 Å². The van der Waals surface area contributed by atoms with Gasteiger partial charge in [0.05, 0.1) is 7.11 Å². The van der Waals surface area contributed by atoms with Gasteiger partial charge in [-0.05, 0) is 42.3 Å². The first-order chi connectivity index (χ1) is 14.2. The van der Waals surface area contributed by atoms with Gasteiger partial charge in [-0.1, -0.05) is 25.1 Å². The molecule has 1 aromatic carbocycles. The maximum Gasteiger partial charge on any atom is 0.315 e. The molecule has 0 atom stereocenters. The van der Waals surface area contributed by atoms with E-state index in [0.29, 0.717) is 13.1 Å². The molecule has 0 radical (unpaired) electrons. The standard InChI is InChI=1S/C22H31N5O2/c1-3-26-11-13-27(14-12-26)21-8-7-19(16-24-21)17-25-22(28)23-10-9-18-5-4-6-20(15-18)29-2/h4-8,15-16H,3,9-14,17H2,1-2H3,(H2,23,25,28). The van der Waals surface area contributed by atoms with E-state index in [4.69, 9.17) is 4.74 Å². The van der Waals surface area contributed by atoms with Crippen LogP contribution in [0.5, 0.6) is 5.75 Å². The zero-order chi connectivity index (χ0) is 20.5. The summed E-state index contributed by atoms with van der Waals surface area (Å²) in [7, 11) is 1.65. The zero-order valence-electron chi connectivity index (χ0n) is 17.4. The number of anilines is 1. The predicted molar refractivity (Wildman–Crippen MR) is 116 cm³/mol. The molecule has 0 bridgehead atoms. The number of piperazine rings is 1. The summed E-state index contributed by atoms with van der Waals surface area (Å²) in [6.07, 6.45) is 2.60. The van der Waals surface area contributed by atoms with Gasteiger partial charge in [0.15, 0.2) is 0 Å². The van der Waals surface area contributed by atoms with Crippen LogP contribution in [0.25, 0.3) is 0 Å². The normalized spacial score (nSPS) is 14.5. The number of carbonyl (C=O) groups excluding carboxylic acids is 1. The van der Waals surface area contributed by atoms with Crippen LogP contribution < -0.4 is 20.3 Å². The summed E-state index contributed by atoms with van der Waals surface area (Å²) in [5.74, 6) is 1.84. The van der Waals surface area contributed by atoms with Crippen LogP contribution in [0.4, 0.5) is 10.6 Å². The smallest absolute Gasteiger partial charge is 0.315 e. The molecule has 1 fully saturated rings. The van der Waals surface area contributed by atoms with Gasteiger partial charge in [-0.25, -0.2) is 9.78 Å². The lowest BCUT2D eigenvalue weighted by atomic mass is 10.1. The average Bonchev–Trinajstić information content (AvgIpc) is 2.78. The van der Waals surface area contributed by atoms with E-state index in [1.807, 2.05) is 42.6 Å². The number of benzene rings is 1. The minimum absolute atomic E-state index is 0.173. The van der Waals surface area contributed by atoms with Gasteiger partial charge in [0.25, 0.3) is 0 Å². The highest BCUT2D eigenvalue weighted by molar-refractivity contribution is 5.73. The molecule has 0 spiro atoms. The number of hydrogen-bond donors (Lipinski definition) is 2. The van der Waals surface area contributed by atoms with Crippen LogP contribution in [0, 0.1) is 0 Å². The Bertz CT molecular complexity index is 773. The van der Waals surface area contributed by atoms with Crippen LogP contribution in [-0.2, 0) is 13.0 Å². The molecular formula is C22H31N5O2. The molecule has 156 valence electrons. The highest BCUT2D eigenvalue weighted by Gasteiger charge is 2.16. The zero-order valence-corrected chi connectivity index (χ0v) is 17.4. The number of nitrogens with zero attached hydrogens (tertiary/aromatic N) is 3. The molecule has 1 aromatic heterocycles. The third-order valence-corrected chi connectivity index (χ3v) is 5.24. The minimum atomic E-state index is -0.173. The lowest BCUT2D eigenvalue weighted by molar-refractivity contribution is 0.240. The van der Waals surface area contributed by atoms with Gasteiger partial charge in [-0.2, -0.15) is 0 Å². The number of rotatable bonds is 8. The van der Waals surface area contributed by atoms with Crippen molar-refractivity contribution in [3.05, 3.63) is 53.7 Å². The number of likely N-dealkylation sites (N-methyl/N-ethyl adjacent to an activating group) is 1. The summed E-state index contributed by atoms with van der Waals surface area (Å²) in [6.45, 7) is 8.51. The molecule has 1 saturated heterocycles. The van der Waals surface area contributed by atoms with Crippen molar-refractivity contribution in [2.24, 2.45) is 0 Å². The Morgan fingerprint density at radius 3 is 2.62 bits per heavy atom.